The smallest absolute Gasteiger partial charge is 0.273 e. The van der Waals surface area contributed by atoms with Gasteiger partial charge in [-0.15, -0.1) is 0 Å². The van der Waals surface area contributed by atoms with Crippen molar-refractivity contribution in [3.8, 4) is 0 Å². The first kappa shape index (κ1) is 10.7. The molecule has 14 heavy (non-hydrogen) atoms. The Bertz CT molecular complexity index is 449. The van der Waals surface area contributed by atoms with Gasteiger partial charge in [0.25, 0.3) is 16.0 Å². The largest absolute Gasteiger partial charge is 0.364 e. The minimum Gasteiger partial charge on any atom is -0.364 e. The third-order valence-corrected chi connectivity index (χ3v) is 2.86. The number of carbonyl (C=O) groups excluding carboxylic acids is 1. The summed E-state index contributed by atoms with van der Waals surface area (Å²) in [5.74, 6) is -0.826. The van der Waals surface area contributed by atoms with E-state index in [1.807, 2.05) is 0 Å². The molecule has 4 N–H and O–H groups in total. The van der Waals surface area contributed by atoms with Crippen LogP contribution in [0.25, 0.3) is 0 Å². The van der Waals surface area contributed by atoms with Gasteiger partial charge in [-0.25, -0.2) is 4.98 Å². The molecule has 7 nitrogen and oxygen atoms in total. The number of imidazole rings is 1. The van der Waals surface area contributed by atoms with E-state index in [2.05, 4.69) is 9.97 Å². The predicted octanol–water partition coefficient (Wildman–Crippen LogP) is -0.543. The van der Waals surface area contributed by atoms with Crippen LogP contribution in [0.4, 0.5) is 0 Å². The van der Waals surface area contributed by atoms with Gasteiger partial charge in [-0.3, -0.25) is 9.35 Å². The minimum absolute atomic E-state index is 0.0833. The first-order valence-electron chi connectivity index (χ1n) is 3.63. The Hall–Kier alpha value is -1.41. The first-order chi connectivity index (χ1) is 6.34. The van der Waals surface area contributed by atoms with Gasteiger partial charge in [0.2, 0.25) is 0 Å². The van der Waals surface area contributed by atoms with E-state index >= 15 is 0 Å². The molecule has 0 aliphatic rings. The molecule has 0 aliphatic carbocycles. The summed E-state index contributed by atoms with van der Waals surface area (Å²) >= 11 is 0. The maximum atomic E-state index is 10.8. The molecule has 78 valence electrons. The van der Waals surface area contributed by atoms with E-state index in [0.717, 1.165) is 6.33 Å². The van der Waals surface area contributed by atoms with E-state index < -0.39 is 21.3 Å². The van der Waals surface area contributed by atoms with Crippen LogP contribution in [0.15, 0.2) is 6.33 Å². The van der Waals surface area contributed by atoms with Crippen LogP contribution in [-0.4, -0.2) is 28.8 Å². The maximum Gasteiger partial charge on any atom is 0.273 e. The van der Waals surface area contributed by atoms with Crippen LogP contribution in [0, 0.1) is 0 Å². The van der Waals surface area contributed by atoms with Crippen LogP contribution in [-0.2, 0) is 10.1 Å². The molecule has 0 saturated carbocycles. The van der Waals surface area contributed by atoms with Crippen molar-refractivity contribution in [3.63, 3.8) is 0 Å². The number of hydrogen-bond acceptors (Lipinski definition) is 4. The first-order valence-corrected chi connectivity index (χ1v) is 5.13. The van der Waals surface area contributed by atoms with Gasteiger partial charge in [0, 0.05) is 0 Å². The second-order valence-corrected chi connectivity index (χ2v) is 4.42. The SMILES string of the molecule is CC(c1nc[nH]c1C(N)=O)S(=O)(=O)O. The fraction of sp³-hybridized carbons (Fsp3) is 0.333. The van der Waals surface area contributed by atoms with Crippen LogP contribution < -0.4 is 5.73 Å². The molecular weight excluding hydrogens is 210 g/mol. The Morgan fingerprint density at radius 3 is 2.71 bits per heavy atom. The number of amides is 1. The van der Waals surface area contributed by atoms with Crippen LogP contribution in [0.2, 0.25) is 0 Å². The van der Waals surface area contributed by atoms with Crippen LogP contribution >= 0.6 is 0 Å². The van der Waals surface area contributed by atoms with Crippen LogP contribution in [0.1, 0.15) is 28.4 Å². The molecule has 0 spiro atoms. The van der Waals surface area contributed by atoms with Crippen molar-refractivity contribution in [1.29, 1.82) is 0 Å². The summed E-state index contributed by atoms with van der Waals surface area (Å²) < 4.78 is 30.2. The van der Waals surface area contributed by atoms with Gasteiger partial charge >= 0.3 is 0 Å². The van der Waals surface area contributed by atoms with Gasteiger partial charge in [0.05, 0.1) is 12.0 Å². The molecule has 0 fully saturated rings. The highest BCUT2D eigenvalue weighted by Crippen LogP contribution is 2.20. The number of nitrogens with one attached hydrogen (secondary N) is 1. The zero-order valence-electron chi connectivity index (χ0n) is 7.26. The normalized spacial score (nSPS) is 13.9. The topological polar surface area (TPSA) is 126 Å². The number of nitrogens with zero attached hydrogens (tertiary/aromatic N) is 1. The highest BCUT2D eigenvalue weighted by molar-refractivity contribution is 7.86. The fourth-order valence-corrected chi connectivity index (χ4v) is 1.41. The van der Waals surface area contributed by atoms with Crippen molar-refractivity contribution in [2.75, 3.05) is 0 Å². The van der Waals surface area contributed by atoms with E-state index in [4.69, 9.17) is 10.3 Å². The second-order valence-electron chi connectivity index (χ2n) is 2.68. The standard InChI is InChI=1S/C6H9N3O4S/c1-3(14(11,12)13)4-5(6(7)10)9-2-8-4/h2-3H,1H3,(H2,7,10)(H,8,9)(H,11,12,13). The van der Waals surface area contributed by atoms with Gasteiger partial charge in [-0.05, 0) is 6.92 Å². The summed E-state index contributed by atoms with van der Waals surface area (Å²) in [7, 11) is -4.27. The summed E-state index contributed by atoms with van der Waals surface area (Å²) in [6, 6.07) is 0. The molecule has 1 rings (SSSR count). The lowest BCUT2D eigenvalue weighted by Gasteiger charge is -2.05. The van der Waals surface area contributed by atoms with Crippen LogP contribution in [0.5, 0.6) is 0 Å². The average molecular weight is 219 g/mol. The Balaban J connectivity index is 3.20. The molecule has 1 atom stereocenters. The highest BCUT2D eigenvalue weighted by Gasteiger charge is 2.26. The van der Waals surface area contributed by atoms with E-state index in [1.54, 1.807) is 0 Å². The third-order valence-electron chi connectivity index (χ3n) is 1.75. The quantitative estimate of drug-likeness (QED) is 0.588. The molecule has 1 amide bonds. The van der Waals surface area contributed by atoms with Crippen molar-refractivity contribution in [2.45, 2.75) is 12.2 Å². The molecule has 1 aromatic rings. The molecule has 0 aliphatic heterocycles. The molecule has 0 radical (unpaired) electrons. The van der Waals surface area contributed by atoms with Crippen LogP contribution in [0.3, 0.4) is 0 Å². The van der Waals surface area contributed by atoms with Gasteiger partial charge < -0.3 is 10.7 Å². The molecule has 8 heteroatoms. The number of H-pyrrole nitrogens is 1. The lowest BCUT2D eigenvalue weighted by Crippen LogP contribution is -2.18. The van der Waals surface area contributed by atoms with E-state index in [0.29, 0.717) is 0 Å². The minimum atomic E-state index is -4.27. The predicted molar refractivity (Wildman–Crippen MR) is 47.1 cm³/mol. The second kappa shape index (κ2) is 3.39. The lowest BCUT2D eigenvalue weighted by atomic mass is 10.2. The number of carbonyl (C=O) groups is 1. The van der Waals surface area contributed by atoms with Crippen molar-refractivity contribution >= 4 is 16.0 Å². The summed E-state index contributed by atoms with van der Waals surface area (Å²) in [5.41, 5.74) is 4.75. The summed E-state index contributed by atoms with van der Waals surface area (Å²) in [5, 5.41) is -1.28. The number of nitrogens with two attached hydrogens (primary N) is 1. The molecule has 0 aromatic carbocycles. The Kier molecular flexibility index (Phi) is 2.58. The number of primary amides is 1. The van der Waals surface area contributed by atoms with E-state index in [-0.39, 0.29) is 11.4 Å². The summed E-state index contributed by atoms with van der Waals surface area (Å²) in [6.45, 7) is 1.21. The Labute approximate surface area is 80.1 Å². The van der Waals surface area contributed by atoms with Gasteiger partial charge in [0.1, 0.15) is 10.9 Å². The molecule has 1 aromatic heterocycles. The lowest BCUT2D eigenvalue weighted by molar-refractivity contribution is 0.0995. The third kappa shape index (κ3) is 1.91. The zero-order chi connectivity index (χ0) is 10.9. The molecule has 1 unspecified atom stereocenters. The highest BCUT2D eigenvalue weighted by atomic mass is 32.2. The van der Waals surface area contributed by atoms with Gasteiger partial charge in [-0.1, -0.05) is 0 Å². The van der Waals surface area contributed by atoms with E-state index in [1.165, 1.54) is 6.92 Å². The number of aromatic amines is 1. The number of aromatic nitrogens is 2. The molecule has 1 heterocycles. The van der Waals surface area contributed by atoms with Crippen molar-refractivity contribution in [1.82, 2.24) is 9.97 Å². The molecule has 0 saturated heterocycles. The van der Waals surface area contributed by atoms with Crippen molar-refractivity contribution in [3.05, 3.63) is 17.7 Å². The molecule has 0 bridgehead atoms. The maximum absolute atomic E-state index is 10.8. The zero-order valence-corrected chi connectivity index (χ0v) is 8.08. The van der Waals surface area contributed by atoms with E-state index in [9.17, 15) is 13.2 Å². The monoisotopic (exact) mass is 219 g/mol. The number of rotatable bonds is 3. The van der Waals surface area contributed by atoms with Crippen molar-refractivity contribution < 1.29 is 17.8 Å². The fourth-order valence-electron chi connectivity index (χ4n) is 0.952. The summed E-state index contributed by atoms with van der Waals surface area (Å²) in [6.07, 6.45) is 1.14. The average Bonchev–Trinajstić information content (AvgIpc) is 2.48. The summed E-state index contributed by atoms with van der Waals surface area (Å²) in [4.78, 5) is 16.8. The Morgan fingerprint density at radius 1 is 1.71 bits per heavy atom. The van der Waals surface area contributed by atoms with Gasteiger partial charge in [-0.2, -0.15) is 8.42 Å². The molecular formula is C6H9N3O4S. The van der Waals surface area contributed by atoms with Gasteiger partial charge in [0.15, 0.2) is 0 Å². The number of hydrogen-bond donors (Lipinski definition) is 3. The Morgan fingerprint density at radius 2 is 2.29 bits per heavy atom. The van der Waals surface area contributed by atoms with Crippen molar-refractivity contribution in [2.24, 2.45) is 5.73 Å².